The summed E-state index contributed by atoms with van der Waals surface area (Å²) >= 11 is 1.37. The van der Waals surface area contributed by atoms with Gasteiger partial charge in [-0.05, 0) is 50.0 Å². The number of piperidine rings is 1. The van der Waals surface area contributed by atoms with E-state index in [4.69, 9.17) is 9.47 Å². The lowest BCUT2D eigenvalue weighted by Gasteiger charge is -2.32. The maximum Gasteiger partial charge on any atom is 0.309 e. The molecule has 2 aliphatic rings. The topological polar surface area (TPSA) is 99.4 Å². The number of aromatic nitrogens is 4. The number of ether oxygens (including phenoxy) is 2. The summed E-state index contributed by atoms with van der Waals surface area (Å²) in [6, 6.07) is 0. The first-order valence-corrected chi connectivity index (χ1v) is 10.5. The normalized spacial score (nSPS) is 22.0. The zero-order valence-electron chi connectivity index (χ0n) is 15.9. The summed E-state index contributed by atoms with van der Waals surface area (Å²) in [7, 11) is 0. The van der Waals surface area contributed by atoms with Crippen LogP contribution in [0.2, 0.25) is 0 Å². The zero-order chi connectivity index (χ0) is 19.2. The van der Waals surface area contributed by atoms with Crippen LogP contribution < -0.4 is 0 Å². The number of amides is 1. The van der Waals surface area contributed by atoms with E-state index in [-0.39, 0.29) is 29.1 Å². The molecule has 0 saturated carbocycles. The SMILES string of the molecule is CCOC(=O)C1CCN(C(=O)C(C)Sc2nnnn2CC2CCCO2)CC1. The largest absolute Gasteiger partial charge is 0.466 e. The van der Waals surface area contributed by atoms with Crippen molar-refractivity contribution < 1.29 is 19.1 Å². The monoisotopic (exact) mass is 397 g/mol. The Morgan fingerprint density at radius 1 is 1.33 bits per heavy atom. The average molecular weight is 398 g/mol. The van der Waals surface area contributed by atoms with Crippen molar-refractivity contribution in [3.05, 3.63) is 0 Å². The van der Waals surface area contributed by atoms with E-state index in [0.29, 0.717) is 44.2 Å². The fourth-order valence-electron chi connectivity index (χ4n) is 3.44. The first kappa shape index (κ1) is 20.1. The van der Waals surface area contributed by atoms with E-state index in [2.05, 4.69) is 15.5 Å². The second-order valence-corrected chi connectivity index (χ2v) is 8.20. The van der Waals surface area contributed by atoms with Gasteiger partial charge < -0.3 is 14.4 Å². The number of carbonyl (C=O) groups excluding carboxylic acids is 2. The minimum Gasteiger partial charge on any atom is -0.466 e. The molecule has 0 radical (unpaired) electrons. The van der Waals surface area contributed by atoms with Gasteiger partial charge in [0.2, 0.25) is 11.1 Å². The predicted octanol–water partition coefficient (Wildman–Crippen LogP) is 1.13. The van der Waals surface area contributed by atoms with E-state index in [0.717, 1.165) is 19.4 Å². The van der Waals surface area contributed by atoms with Crippen molar-refractivity contribution in [1.82, 2.24) is 25.1 Å². The summed E-state index contributed by atoms with van der Waals surface area (Å²) in [4.78, 5) is 26.4. The number of thioether (sulfide) groups is 1. The van der Waals surface area contributed by atoms with E-state index >= 15 is 0 Å². The number of likely N-dealkylation sites (tertiary alicyclic amines) is 1. The van der Waals surface area contributed by atoms with Gasteiger partial charge in [0.15, 0.2) is 0 Å². The minimum absolute atomic E-state index is 0.0500. The van der Waals surface area contributed by atoms with Gasteiger partial charge in [-0.3, -0.25) is 9.59 Å². The highest BCUT2D eigenvalue weighted by molar-refractivity contribution is 8.00. The van der Waals surface area contributed by atoms with Gasteiger partial charge in [-0.15, -0.1) is 5.10 Å². The summed E-state index contributed by atoms with van der Waals surface area (Å²) in [5.41, 5.74) is 0. The smallest absolute Gasteiger partial charge is 0.309 e. The zero-order valence-corrected chi connectivity index (χ0v) is 16.7. The molecule has 1 aromatic heterocycles. The van der Waals surface area contributed by atoms with Crippen molar-refractivity contribution in [2.45, 2.75) is 62.6 Å². The number of hydrogen-bond donors (Lipinski definition) is 0. The molecule has 9 nitrogen and oxygen atoms in total. The lowest BCUT2D eigenvalue weighted by molar-refractivity contribution is -0.151. The number of esters is 1. The fraction of sp³-hybridized carbons (Fsp3) is 0.824. The molecule has 0 N–H and O–H groups in total. The molecular formula is C17H27N5O4S. The lowest BCUT2D eigenvalue weighted by atomic mass is 9.97. The van der Waals surface area contributed by atoms with Crippen LogP contribution in [0.3, 0.4) is 0 Å². The molecule has 0 aliphatic carbocycles. The van der Waals surface area contributed by atoms with E-state index in [9.17, 15) is 9.59 Å². The Labute approximate surface area is 163 Å². The second-order valence-electron chi connectivity index (χ2n) is 6.89. The number of rotatable bonds is 7. The first-order valence-electron chi connectivity index (χ1n) is 9.58. The molecule has 2 fully saturated rings. The maximum absolute atomic E-state index is 12.8. The molecule has 2 aliphatic heterocycles. The number of carbonyl (C=O) groups is 2. The molecule has 2 unspecified atom stereocenters. The Morgan fingerprint density at radius 3 is 2.78 bits per heavy atom. The van der Waals surface area contributed by atoms with E-state index in [1.165, 1.54) is 11.8 Å². The van der Waals surface area contributed by atoms with Crippen molar-refractivity contribution in [2.24, 2.45) is 5.92 Å². The molecule has 3 rings (SSSR count). The van der Waals surface area contributed by atoms with Crippen LogP contribution in [-0.4, -0.2) is 74.6 Å². The van der Waals surface area contributed by atoms with Gasteiger partial charge in [-0.25, -0.2) is 4.68 Å². The average Bonchev–Trinajstić information content (AvgIpc) is 3.34. The summed E-state index contributed by atoms with van der Waals surface area (Å²) in [5, 5.41) is 12.2. The molecule has 0 bridgehead atoms. The molecule has 27 heavy (non-hydrogen) atoms. The van der Waals surface area contributed by atoms with Crippen LogP contribution in [0, 0.1) is 5.92 Å². The standard InChI is InChI=1S/C17H27N5O4S/c1-3-25-16(24)13-6-8-21(9-7-13)15(23)12(2)27-17-18-19-20-22(17)11-14-5-4-10-26-14/h12-14H,3-11H2,1-2H3. The Hall–Kier alpha value is -1.68. The number of nitrogens with zero attached hydrogens (tertiary/aromatic N) is 5. The van der Waals surface area contributed by atoms with Gasteiger partial charge in [0.1, 0.15) is 0 Å². The Bertz CT molecular complexity index is 641. The Morgan fingerprint density at radius 2 is 2.11 bits per heavy atom. The number of tetrazole rings is 1. The predicted molar refractivity (Wildman–Crippen MR) is 98.0 cm³/mol. The molecule has 3 heterocycles. The van der Waals surface area contributed by atoms with Gasteiger partial charge in [0.25, 0.3) is 0 Å². The molecule has 150 valence electrons. The van der Waals surface area contributed by atoms with Crippen molar-refractivity contribution in [3.63, 3.8) is 0 Å². The lowest BCUT2D eigenvalue weighted by Crippen LogP contribution is -2.43. The third kappa shape index (κ3) is 5.19. The summed E-state index contributed by atoms with van der Waals surface area (Å²) < 4.78 is 12.4. The van der Waals surface area contributed by atoms with Gasteiger partial charge >= 0.3 is 5.97 Å². The van der Waals surface area contributed by atoms with Crippen LogP contribution in [-0.2, 0) is 25.6 Å². The maximum atomic E-state index is 12.8. The van der Waals surface area contributed by atoms with Gasteiger partial charge in [0.05, 0.1) is 30.4 Å². The summed E-state index contributed by atoms with van der Waals surface area (Å²) in [5.74, 6) is -0.204. The van der Waals surface area contributed by atoms with Crippen molar-refractivity contribution >= 4 is 23.6 Å². The minimum atomic E-state index is -0.293. The van der Waals surface area contributed by atoms with Crippen LogP contribution in [0.4, 0.5) is 0 Å². The molecule has 2 atom stereocenters. The second kappa shape index (κ2) is 9.50. The van der Waals surface area contributed by atoms with Gasteiger partial charge in [-0.1, -0.05) is 11.8 Å². The fourth-order valence-corrected chi connectivity index (χ4v) is 4.32. The molecule has 2 saturated heterocycles. The van der Waals surface area contributed by atoms with Crippen LogP contribution in [0.5, 0.6) is 0 Å². The highest BCUT2D eigenvalue weighted by Crippen LogP contribution is 2.26. The van der Waals surface area contributed by atoms with E-state index < -0.39 is 0 Å². The summed E-state index contributed by atoms with van der Waals surface area (Å²) in [6.45, 7) is 6.62. The number of hydrogen-bond acceptors (Lipinski definition) is 8. The Kier molecular flexibility index (Phi) is 7.06. The third-order valence-corrected chi connectivity index (χ3v) is 6.01. The van der Waals surface area contributed by atoms with Crippen molar-refractivity contribution in [2.75, 3.05) is 26.3 Å². The highest BCUT2D eigenvalue weighted by Gasteiger charge is 2.31. The van der Waals surface area contributed by atoms with E-state index in [1.807, 2.05) is 18.7 Å². The van der Waals surface area contributed by atoms with E-state index in [1.54, 1.807) is 4.68 Å². The quantitative estimate of drug-likeness (QED) is 0.499. The van der Waals surface area contributed by atoms with Crippen molar-refractivity contribution in [3.8, 4) is 0 Å². The summed E-state index contributed by atoms with van der Waals surface area (Å²) in [6.07, 6.45) is 3.51. The van der Waals surface area contributed by atoms with Crippen LogP contribution in [0.1, 0.15) is 39.5 Å². The molecule has 0 spiro atoms. The molecule has 1 aromatic rings. The van der Waals surface area contributed by atoms with Crippen LogP contribution in [0.25, 0.3) is 0 Å². The molecule has 1 amide bonds. The molecule has 0 aromatic carbocycles. The van der Waals surface area contributed by atoms with Gasteiger partial charge in [-0.2, -0.15) is 0 Å². The first-order chi connectivity index (χ1) is 13.1. The third-order valence-electron chi connectivity index (χ3n) is 4.96. The van der Waals surface area contributed by atoms with Crippen molar-refractivity contribution in [1.29, 1.82) is 0 Å². The van der Waals surface area contributed by atoms with Crippen LogP contribution in [0.15, 0.2) is 5.16 Å². The molecular weight excluding hydrogens is 370 g/mol. The molecule has 10 heteroatoms. The highest BCUT2D eigenvalue weighted by atomic mass is 32.2. The Balaban J connectivity index is 1.50. The van der Waals surface area contributed by atoms with Crippen LogP contribution >= 0.6 is 11.8 Å². The van der Waals surface area contributed by atoms with Gasteiger partial charge in [0, 0.05) is 19.7 Å².